The van der Waals surface area contributed by atoms with Gasteiger partial charge in [-0.1, -0.05) is 0 Å². The summed E-state index contributed by atoms with van der Waals surface area (Å²) in [6.45, 7) is 12.7. The van der Waals surface area contributed by atoms with Crippen molar-refractivity contribution in [2.24, 2.45) is 5.92 Å². The van der Waals surface area contributed by atoms with Crippen molar-refractivity contribution in [3.8, 4) is 0 Å². The van der Waals surface area contributed by atoms with Gasteiger partial charge in [0.15, 0.2) is 0 Å². The first kappa shape index (κ1) is 16.2. The lowest BCUT2D eigenvalue weighted by atomic mass is 9.86. The van der Waals surface area contributed by atoms with Crippen LogP contribution in [0, 0.1) is 5.92 Å². The molecule has 1 N–H and O–H groups in total. The number of rotatable bonds is 8. The molecule has 1 atom stereocenters. The lowest BCUT2D eigenvalue weighted by molar-refractivity contribution is 0.0122. The fourth-order valence-corrected chi connectivity index (χ4v) is 3.17. The van der Waals surface area contributed by atoms with Crippen LogP contribution in [0.1, 0.15) is 40.0 Å². The molecular weight excluding hydrogens is 252 g/mol. The quantitative estimate of drug-likeness (QED) is 0.690. The fraction of sp³-hybridized carbons (Fsp3) is 1.00. The summed E-state index contributed by atoms with van der Waals surface area (Å²) in [6, 6.07) is 0. The monoisotopic (exact) mass is 284 g/mol. The molecule has 0 aromatic heterocycles. The Bertz CT molecular complexity index is 305. The average Bonchev–Trinajstić information content (AvgIpc) is 3.23. The molecule has 118 valence electrons. The van der Waals surface area contributed by atoms with Crippen LogP contribution in [0.5, 0.6) is 0 Å². The molecule has 0 amide bonds. The predicted octanol–water partition coefficient (Wildman–Crippen LogP) is 1.89. The Kier molecular flexibility index (Phi) is 5.46. The summed E-state index contributed by atoms with van der Waals surface area (Å²) < 4.78 is 10.6. The van der Waals surface area contributed by atoms with Crippen LogP contribution in [0.4, 0.5) is 0 Å². The minimum Gasteiger partial charge on any atom is -0.382 e. The molecule has 1 saturated carbocycles. The first-order valence-corrected chi connectivity index (χ1v) is 8.05. The number of hydrogen-bond acceptors (Lipinski definition) is 4. The zero-order valence-electron chi connectivity index (χ0n) is 13.7. The Balaban J connectivity index is 1.75. The normalized spacial score (nSPS) is 30.6. The highest BCUT2D eigenvalue weighted by atomic mass is 16.5. The molecule has 1 heterocycles. The van der Waals surface area contributed by atoms with Gasteiger partial charge in [0.05, 0.1) is 13.2 Å². The zero-order valence-corrected chi connectivity index (χ0v) is 13.7. The van der Waals surface area contributed by atoms with E-state index >= 15 is 0 Å². The highest BCUT2D eigenvalue weighted by Gasteiger charge is 2.47. The van der Waals surface area contributed by atoms with E-state index in [1.54, 1.807) is 7.11 Å². The molecule has 0 radical (unpaired) electrons. The average molecular weight is 284 g/mol. The van der Waals surface area contributed by atoms with Gasteiger partial charge in [0.1, 0.15) is 0 Å². The van der Waals surface area contributed by atoms with Gasteiger partial charge in [-0.2, -0.15) is 0 Å². The van der Waals surface area contributed by atoms with Gasteiger partial charge in [-0.05, 0) is 46.0 Å². The molecule has 0 bridgehead atoms. The second-order valence-electron chi connectivity index (χ2n) is 7.24. The molecular formula is C16H32N2O2. The van der Waals surface area contributed by atoms with Crippen molar-refractivity contribution < 1.29 is 9.47 Å². The van der Waals surface area contributed by atoms with Gasteiger partial charge in [0.25, 0.3) is 0 Å². The molecule has 2 rings (SSSR count). The molecule has 2 aliphatic rings. The predicted molar refractivity (Wildman–Crippen MR) is 82.1 cm³/mol. The molecule has 4 nitrogen and oxygen atoms in total. The number of piperazine rings is 1. The van der Waals surface area contributed by atoms with Gasteiger partial charge < -0.3 is 14.8 Å². The molecule has 0 spiro atoms. The summed E-state index contributed by atoms with van der Waals surface area (Å²) in [7, 11) is 1.71. The van der Waals surface area contributed by atoms with Crippen LogP contribution in [-0.2, 0) is 9.47 Å². The van der Waals surface area contributed by atoms with Gasteiger partial charge in [0, 0.05) is 44.4 Å². The Morgan fingerprint density at radius 2 is 1.90 bits per heavy atom. The lowest BCUT2D eigenvalue weighted by Gasteiger charge is -2.51. The van der Waals surface area contributed by atoms with Gasteiger partial charge >= 0.3 is 0 Å². The molecule has 4 heteroatoms. The molecule has 1 aliphatic carbocycles. The van der Waals surface area contributed by atoms with E-state index in [0.717, 1.165) is 32.0 Å². The zero-order chi connectivity index (χ0) is 14.6. The highest BCUT2D eigenvalue weighted by molar-refractivity contribution is 5.06. The number of hydrogen-bond donors (Lipinski definition) is 1. The summed E-state index contributed by atoms with van der Waals surface area (Å²) in [5.41, 5.74) is 0.577. The van der Waals surface area contributed by atoms with Gasteiger partial charge in [-0.3, -0.25) is 4.90 Å². The van der Waals surface area contributed by atoms with Crippen LogP contribution in [0.2, 0.25) is 0 Å². The largest absolute Gasteiger partial charge is 0.382 e. The van der Waals surface area contributed by atoms with E-state index in [2.05, 4.69) is 31.0 Å². The summed E-state index contributed by atoms with van der Waals surface area (Å²) in [5, 5.41) is 3.81. The van der Waals surface area contributed by atoms with Gasteiger partial charge in [0.2, 0.25) is 0 Å². The van der Waals surface area contributed by atoms with E-state index in [1.807, 2.05) is 0 Å². The van der Waals surface area contributed by atoms with E-state index in [4.69, 9.17) is 9.47 Å². The van der Waals surface area contributed by atoms with Crippen LogP contribution < -0.4 is 5.32 Å². The van der Waals surface area contributed by atoms with E-state index in [0.29, 0.717) is 18.8 Å². The molecule has 1 aliphatic heterocycles. The molecule has 1 saturated heterocycles. The Labute approximate surface area is 124 Å². The molecule has 0 aromatic rings. The summed E-state index contributed by atoms with van der Waals surface area (Å²) >= 11 is 0. The number of nitrogens with zero attached hydrogens (tertiary/aromatic N) is 1. The van der Waals surface area contributed by atoms with E-state index in [9.17, 15) is 0 Å². The van der Waals surface area contributed by atoms with Crippen LogP contribution in [0.15, 0.2) is 0 Å². The van der Waals surface area contributed by atoms with Crippen molar-refractivity contribution in [1.82, 2.24) is 10.2 Å². The van der Waals surface area contributed by atoms with Crippen LogP contribution >= 0.6 is 0 Å². The van der Waals surface area contributed by atoms with Crippen molar-refractivity contribution in [2.45, 2.75) is 51.1 Å². The summed E-state index contributed by atoms with van der Waals surface area (Å²) in [6.07, 6.45) is 3.91. The maximum atomic E-state index is 5.58. The van der Waals surface area contributed by atoms with Crippen LogP contribution in [0.3, 0.4) is 0 Å². The minimum absolute atomic E-state index is 0.251. The van der Waals surface area contributed by atoms with Crippen LogP contribution in [0.25, 0.3) is 0 Å². The Morgan fingerprint density at radius 3 is 2.55 bits per heavy atom. The first-order valence-electron chi connectivity index (χ1n) is 8.05. The summed E-state index contributed by atoms with van der Waals surface area (Å²) in [4.78, 5) is 2.65. The lowest BCUT2D eigenvalue weighted by Crippen LogP contribution is -2.68. The van der Waals surface area contributed by atoms with Crippen LogP contribution in [-0.4, -0.2) is 62.5 Å². The van der Waals surface area contributed by atoms with Crippen molar-refractivity contribution in [1.29, 1.82) is 0 Å². The maximum absolute atomic E-state index is 5.58. The maximum Gasteiger partial charge on any atom is 0.0700 e. The third kappa shape index (κ3) is 4.17. The Morgan fingerprint density at radius 1 is 1.15 bits per heavy atom. The second-order valence-corrected chi connectivity index (χ2v) is 7.24. The minimum atomic E-state index is 0.251. The molecule has 0 aromatic carbocycles. The third-order valence-corrected chi connectivity index (χ3v) is 4.93. The number of nitrogens with one attached hydrogen (secondary N) is 1. The summed E-state index contributed by atoms with van der Waals surface area (Å²) in [5.74, 6) is 0.888. The van der Waals surface area contributed by atoms with Crippen molar-refractivity contribution in [2.75, 3.05) is 46.6 Å². The molecule has 1 unspecified atom stereocenters. The molecule has 2 fully saturated rings. The fourth-order valence-electron chi connectivity index (χ4n) is 3.17. The molecule has 20 heavy (non-hydrogen) atoms. The smallest absolute Gasteiger partial charge is 0.0700 e. The first-order chi connectivity index (χ1) is 9.48. The van der Waals surface area contributed by atoms with E-state index in [-0.39, 0.29) is 5.54 Å². The van der Waals surface area contributed by atoms with Gasteiger partial charge in [-0.25, -0.2) is 0 Å². The van der Waals surface area contributed by atoms with Gasteiger partial charge in [-0.15, -0.1) is 0 Å². The van der Waals surface area contributed by atoms with Crippen molar-refractivity contribution in [3.63, 3.8) is 0 Å². The number of methoxy groups -OCH3 is 1. The van der Waals surface area contributed by atoms with E-state index in [1.165, 1.54) is 19.4 Å². The van der Waals surface area contributed by atoms with E-state index < -0.39 is 0 Å². The van der Waals surface area contributed by atoms with Crippen molar-refractivity contribution >= 4 is 0 Å². The number of ether oxygens (including phenoxy) is 2. The topological polar surface area (TPSA) is 33.7 Å². The van der Waals surface area contributed by atoms with Crippen molar-refractivity contribution in [3.05, 3.63) is 0 Å². The SMILES string of the molecule is COCCOCCCN1CC(C)(C2CC2)NCC1(C)C. The second kappa shape index (κ2) is 6.73. The standard InChI is InChI=1S/C16H32N2O2/c1-15(2)12-17-16(3,14-6-7-14)13-18(15)8-5-9-20-11-10-19-4/h14,17H,5-13H2,1-4H3. The third-order valence-electron chi connectivity index (χ3n) is 4.93. The highest BCUT2D eigenvalue weighted by Crippen LogP contribution is 2.42. The Hall–Kier alpha value is -0.160.